The molecule has 0 bridgehead atoms. The first-order valence-electron chi connectivity index (χ1n) is 5.00. The number of thiophene rings is 1. The monoisotopic (exact) mass is 312 g/mol. The Kier molecular flexibility index (Phi) is 3.50. The molecule has 0 saturated heterocycles. The lowest BCUT2D eigenvalue weighted by atomic mass is 10.4. The molecule has 0 N–H and O–H groups in total. The minimum Gasteiger partial charge on any atom is -0.461 e. The van der Waals surface area contributed by atoms with E-state index in [-0.39, 0.29) is 12.5 Å². The van der Waals surface area contributed by atoms with Crippen molar-refractivity contribution < 1.29 is 9.53 Å². The molecule has 2 aromatic rings. The zero-order chi connectivity index (χ0) is 12.4. The van der Waals surface area contributed by atoms with Gasteiger partial charge in [-0.2, -0.15) is 5.26 Å². The van der Waals surface area contributed by atoms with Crippen molar-refractivity contribution in [1.82, 2.24) is 4.57 Å². The second-order valence-electron chi connectivity index (χ2n) is 3.29. The zero-order valence-electron chi connectivity index (χ0n) is 9.07. The van der Waals surface area contributed by atoms with Crippen molar-refractivity contribution in [3.63, 3.8) is 0 Å². The molecule has 0 atom stereocenters. The lowest BCUT2D eigenvalue weighted by molar-refractivity contribution is 0.0515. The third kappa shape index (κ3) is 2.21. The SMILES string of the molecule is CCOC(=O)c1cc2sc(Br)cc2n1CC#N. The average Bonchev–Trinajstić information content (AvgIpc) is 2.77. The van der Waals surface area contributed by atoms with Gasteiger partial charge in [0.25, 0.3) is 0 Å². The van der Waals surface area contributed by atoms with Crippen LogP contribution >= 0.6 is 27.3 Å². The molecule has 2 aromatic heterocycles. The second-order valence-corrected chi connectivity index (χ2v) is 5.76. The van der Waals surface area contributed by atoms with Crippen LogP contribution in [0, 0.1) is 11.3 Å². The number of aromatic nitrogens is 1. The van der Waals surface area contributed by atoms with E-state index >= 15 is 0 Å². The van der Waals surface area contributed by atoms with Crippen LogP contribution < -0.4 is 0 Å². The number of nitriles is 1. The van der Waals surface area contributed by atoms with Crippen LogP contribution in [0.3, 0.4) is 0 Å². The molecule has 88 valence electrons. The minimum absolute atomic E-state index is 0.140. The quantitative estimate of drug-likeness (QED) is 0.818. The maximum atomic E-state index is 11.7. The van der Waals surface area contributed by atoms with Gasteiger partial charge < -0.3 is 9.30 Å². The Morgan fingerprint density at radius 3 is 3.06 bits per heavy atom. The number of rotatable bonds is 3. The highest BCUT2D eigenvalue weighted by molar-refractivity contribution is 9.11. The molecule has 0 aliphatic heterocycles. The van der Waals surface area contributed by atoms with Crippen LogP contribution in [0.25, 0.3) is 10.2 Å². The summed E-state index contributed by atoms with van der Waals surface area (Å²) in [5.41, 5.74) is 1.31. The summed E-state index contributed by atoms with van der Waals surface area (Å²) >= 11 is 4.91. The highest BCUT2D eigenvalue weighted by atomic mass is 79.9. The fourth-order valence-electron chi connectivity index (χ4n) is 1.63. The molecule has 0 spiro atoms. The van der Waals surface area contributed by atoms with Crippen molar-refractivity contribution in [3.05, 3.63) is 21.6 Å². The number of hydrogen-bond donors (Lipinski definition) is 0. The molecule has 0 fully saturated rings. The standard InChI is InChI=1S/C11H9BrN2O2S/c1-2-16-11(15)8-5-9-7(6-10(12)17-9)14(8)4-3-13/h5-6H,2,4H2,1H3. The largest absolute Gasteiger partial charge is 0.461 e. The summed E-state index contributed by atoms with van der Waals surface area (Å²) in [7, 11) is 0. The summed E-state index contributed by atoms with van der Waals surface area (Å²) in [4.78, 5) is 11.7. The molecule has 2 heterocycles. The Morgan fingerprint density at radius 2 is 2.41 bits per heavy atom. The van der Waals surface area contributed by atoms with Gasteiger partial charge in [-0.3, -0.25) is 0 Å². The molecule has 0 radical (unpaired) electrons. The van der Waals surface area contributed by atoms with E-state index in [4.69, 9.17) is 10.00 Å². The number of carbonyl (C=O) groups is 1. The number of hydrogen-bond acceptors (Lipinski definition) is 4. The van der Waals surface area contributed by atoms with Crippen LogP contribution in [0.2, 0.25) is 0 Å². The number of halogens is 1. The van der Waals surface area contributed by atoms with E-state index in [1.165, 1.54) is 11.3 Å². The van der Waals surface area contributed by atoms with E-state index in [1.54, 1.807) is 17.6 Å². The first-order valence-corrected chi connectivity index (χ1v) is 6.61. The molecule has 2 rings (SSSR count). The predicted molar refractivity (Wildman–Crippen MR) is 69.1 cm³/mol. The van der Waals surface area contributed by atoms with Gasteiger partial charge in [0.05, 0.1) is 26.7 Å². The fourth-order valence-corrected chi connectivity index (χ4v) is 3.19. The van der Waals surface area contributed by atoms with Crippen molar-refractivity contribution >= 4 is 43.5 Å². The predicted octanol–water partition coefficient (Wildman–Crippen LogP) is 3.17. The van der Waals surface area contributed by atoms with Crippen LogP contribution in [0.4, 0.5) is 0 Å². The molecule has 4 nitrogen and oxygen atoms in total. The van der Waals surface area contributed by atoms with Gasteiger partial charge in [-0.25, -0.2) is 4.79 Å². The lowest BCUT2D eigenvalue weighted by Gasteiger charge is -2.04. The van der Waals surface area contributed by atoms with Gasteiger partial charge in [-0.05, 0) is 35.0 Å². The van der Waals surface area contributed by atoms with Crippen molar-refractivity contribution in [2.75, 3.05) is 6.61 Å². The van der Waals surface area contributed by atoms with Gasteiger partial charge >= 0.3 is 5.97 Å². The minimum atomic E-state index is -0.387. The van der Waals surface area contributed by atoms with Crippen LogP contribution in [0.15, 0.2) is 15.9 Å². The maximum absolute atomic E-state index is 11.7. The number of esters is 1. The summed E-state index contributed by atoms with van der Waals surface area (Å²) in [5, 5.41) is 8.81. The number of fused-ring (bicyclic) bond motifs is 1. The van der Waals surface area contributed by atoms with Crippen LogP contribution in [-0.2, 0) is 11.3 Å². The number of nitrogens with zero attached hydrogens (tertiary/aromatic N) is 2. The zero-order valence-corrected chi connectivity index (χ0v) is 11.5. The van der Waals surface area contributed by atoms with Crippen LogP contribution in [-0.4, -0.2) is 17.1 Å². The fraction of sp³-hybridized carbons (Fsp3) is 0.273. The van der Waals surface area contributed by atoms with Crippen molar-refractivity contribution in [2.24, 2.45) is 0 Å². The molecule has 0 unspecified atom stereocenters. The topological polar surface area (TPSA) is 55.0 Å². The van der Waals surface area contributed by atoms with E-state index in [0.717, 1.165) is 14.0 Å². The van der Waals surface area contributed by atoms with Gasteiger partial charge in [-0.15, -0.1) is 11.3 Å². The highest BCUT2D eigenvalue weighted by Crippen LogP contribution is 2.32. The first-order chi connectivity index (χ1) is 8.17. The van der Waals surface area contributed by atoms with E-state index in [1.807, 2.05) is 6.07 Å². The van der Waals surface area contributed by atoms with Crippen molar-refractivity contribution in [3.8, 4) is 6.07 Å². The Morgan fingerprint density at radius 1 is 1.65 bits per heavy atom. The summed E-state index contributed by atoms with van der Waals surface area (Å²) < 4.78 is 8.59. The smallest absolute Gasteiger partial charge is 0.355 e. The van der Waals surface area contributed by atoms with E-state index < -0.39 is 0 Å². The molecule has 6 heteroatoms. The molecule has 0 aromatic carbocycles. The Labute approximate surface area is 111 Å². The summed E-state index contributed by atoms with van der Waals surface area (Å²) in [6.07, 6.45) is 0. The summed E-state index contributed by atoms with van der Waals surface area (Å²) in [6.45, 7) is 2.23. The van der Waals surface area contributed by atoms with Gasteiger partial charge in [-0.1, -0.05) is 0 Å². The third-order valence-electron chi connectivity index (χ3n) is 2.27. The van der Waals surface area contributed by atoms with Crippen molar-refractivity contribution in [1.29, 1.82) is 5.26 Å². The van der Waals surface area contributed by atoms with Crippen LogP contribution in [0.1, 0.15) is 17.4 Å². The van der Waals surface area contributed by atoms with Gasteiger partial charge in [0.1, 0.15) is 12.2 Å². The average molecular weight is 313 g/mol. The third-order valence-corrected chi connectivity index (χ3v) is 3.85. The Hall–Kier alpha value is -1.32. The van der Waals surface area contributed by atoms with E-state index in [2.05, 4.69) is 22.0 Å². The second kappa shape index (κ2) is 4.90. The van der Waals surface area contributed by atoms with Gasteiger partial charge in [0.2, 0.25) is 0 Å². The Bertz CT molecular complexity index is 609. The number of carbonyl (C=O) groups excluding carboxylic acids is 1. The Balaban J connectivity index is 2.55. The number of ether oxygens (including phenoxy) is 1. The molecular formula is C11H9BrN2O2S. The lowest BCUT2D eigenvalue weighted by Crippen LogP contribution is -2.11. The molecule has 0 saturated carbocycles. The van der Waals surface area contributed by atoms with Gasteiger partial charge in [0.15, 0.2) is 0 Å². The molecular weight excluding hydrogens is 304 g/mol. The van der Waals surface area contributed by atoms with Crippen molar-refractivity contribution in [2.45, 2.75) is 13.5 Å². The molecule has 0 aliphatic rings. The van der Waals surface area contributed by atoms with Gasteiger partial charge in [0, 0.05) is 0 Å². The maximum Gasteiger partial charge on any atom is 0.355 e. The highest BCUT2D eigenvalue weighted by Gasteiger charge is 2.18. The summed E-state index contributed by atoms with van der Waals surface area (Å²) in [5.74, 6) is -0.387. The normalized spacial score (nSPS) is 10.4. The van der Waals surface area contributed by atoms with E-state index in [9.17, 15) is 4.79 Å². The first kappa shape index (κ1) is 12.1. The molecule has 17 heavy (non-hydrogen) atoms. The molecule has 0 amide bonds. The van der Waals surface area contributed by atoms with E-state index in [0.29, 0.717) is 12.3 Å². The van der Waals surface area contributed by atoms with Crippen LogP contribution in [0.5, 0.6) is 0 Å². The summed E-state index contributed by atoms with van der Waals surface area (Å²) in [6, 6.07) is 5.72. The molecule has 0 aliphatic carbocycles.